The van der Waals surface area contributed by atoms with E-state index in [9.17, 15) is 9.59 Å². The Kier molecular flexibility index (Phi) is 5.10. The average molecular weight is 363 g/mol. The lowest BCUT2D eigenvalue weighted by Crippen LogP contribution is -2.41. The van der Waals surface area contributed by atoms with Gasteiger partial charge in [0.15, 0.2) is 0 Å². The lowest BCUT2D eigenvalue weighted by molar-refractivity contribution is -0.130. The Balaban J connectivity index is 1.24. The van der Waals surface area contributed by atoms with Crippen molar-refractivity contribution in [2.45, 2.75) is 25.7 Å². The zero-order valence-corrected chi connectivity index (χ0v) is 15.4. The highest BCUT2D eigenvalue weighted by atomic mass is 16.2. The first-order valence-corrected chi connectivity index (χ1v) is 9.66. The molecule has 140 valence electrons. The number of anilines is 2. The third kappa shape index (κ3) is 4.30. The minimum Gasteiger partial charge on any atom is -0.376 e. The van der Waals surface area contributed by atoms with Gasteiger partial charge >= 0.3 is 0 Å². The summed E-state index contributed by atoms with van der Waals surface area (Å²) in [5, 5.41) is 6.03. The summed E-state index contributed by atoms with van der Waals surface area (Å²) in [5.41, 5.74) is 4.13. The van der Waals surface area contributed by atoms with Crippen molar-refractivity contribution >= 4 is 23.2 Å². The van der Waals surface area contributed by atoms with Gasteiger partial charge in [0, 0.05) is 24.5 Å². The number of hydrogen-bond acceptors (Lipinski definition) is 3. The maximum Gasteiger partial charge on any atom is 0.241 e. The van der Waals surface area contributed by atoms with E-state index in [-0.39, 0.29) is 11.8 Å². The number of carbonyl (C=O) groups excluding carboxylic acids is 2. The van der Waals surface area contributed by atoms with E-state index in [1.165, 1.54) is 5.56 Å². The van der Waals surface area contributed by atoms with Crippen molar-refractivity contribution in [3.8, 4) is 0 Å². The molecule has 2 N–H and O–H groups in total. The maximum absolute atomic E-state index is 12.5. The summed E-state index contributed by atoms with van der Waals surface area (Å²) >= 11 is 0. The molecule has 0 aromatic heterocycles. The molecule has 2 aliphatic heterocycles. The van der Waals surface area contributed by atoms with E-state index in [0.29, 0.717) is 18.9 Å². The van der Waals surface area contributed by atoms with Gasteiger partial charge in [0.2, 0.25) is 11.8 Å². The third-order valence-electron chi connectivity index (χ3n) is 5.51. The van der Waals surface area contributed by atoms with Crippen molar-refractivity contribution in [2.75, 3.05) is 30.3 Å². The molecule has 2 amide bonds. The van der Waals surface area contributed by atoms with E-state index < -0.39 is 0 Å². The van der Waals surface area contributed by atoms with Crippen LogP contribution in [0.15, 0.2) is 48.5 Å². The van der Waals surface area contributed by atoms with Gasteiger partial charge in [-0.05, 0) is 54.5 Å². The summed E-state index contributed by atoms with van der Waals surface area (Å²) in [6.07, 6.45) is 3.64. The fourth-order valence-corrected chi connectivity index (χ4v) is 3.96. The van der Waals surface area contributed by atoms with Gasteiger partial charge in [-0.2, -0.15) is 0 Å². The van der Waals surface area contributed by atoms with Gasteiger partial charge in [0.25, 0.3) is 0 Å². The number of carbonyl (C=O) groups is 2. The van der Waals surface area contributed by atoms with E-state index in [4.69, 9.17) is 0 Å². The lowest BCUT2D eigenvalue weighted by Gasteiger charge is -2.32. The van der Waals surface area contributed by atoms with Crippen molar-refractivity contribution in [3.63, 3.8) is 0 Å². The van der Waals surface area contributed by atoms with Crippen LogP contribution < -0.4 is 10.6 Å². The highest BCUT2D eigenvalue weighted by molar-refractivity contribution is 5.99. The molecule has 2 aromatic carbocycles. The van der Waals surface area contributed by atoms with E-state index >= 15 is 0 Å². The zero-order chi connectivity index (χ0) is 18.6. The molecule has 2 aliphatic rings. The van der Waals surface area contributed by atoms with Gasteiger partial charge in [0.05, 0.1) is 13.0 Å². The molecule has 0 aliphatic carbocycles. The Bertz CT molecular complexity index is 827. The molecule has 0 saturated carbocycles. The standard InChI is InChI=1S/C22H25N3O2/c26-21-14-18-13-19(6-7-20(18)24-21)23-15-22(27)25-10-8-17(9-11-25)12-16-4-2-1-3-5-16/h1-7,13,17,23H,8-12,14-15H2,(H,24,26). The predicted molar refractivity (Wildman–Crippen MR) is 107 cm³/mol. The quantitative estimate of drug-likeness (QED) is 0.858. The molecule has 2 aromatic rings. The van der Waals surface area contributed by atoms with Crippen molar-refractivity contribution in [1.82, 2.24) is 4.90 Å². The lowest BCUT2D eigenvalue weighted by atomic mass is 9.90. The Morgan fingerprint density at radius 1 is 1.11 bits per heavy atom. The minimum absolute atomic E-state index is 0.0246. The topological polar surface area (TPSA) is 61.4 Å². The highest BCUT2D eigenvalue weighted by Gasteiger charge is 2.23. The van der Waals surface area contributed by atoms with Gasteiger partial charge in [0.1, 0.15) is 0 Å². The summed E-state index contributed by atoms with van der Waals surface area (Å²) in [6, 6.07) is 16.3. The summed E-state index contributed by atoms with van der Waals surface area (Å²) in [6.45, 7) is 1.96. The summed E-state index contributed by atoms with van der Waals surface area (Å²) in [4.78, 5) is 25.9. The molecule has 0 unspecified atom stereocenters. The van der Waals surface area contributed by atoms with Crippen molar-refractivity contribution in [1.29, 1.82) is 0 Å². The molecule has 5 nitrogen and oxygen atoms in total. The van der Waals surface area contributed by atoms with Crippen LogP contribution in [0, 0.1) is 5.92 Å². The SMILES string of the molecule is O=C1Cc2cc(NCC(=O)N3CCC(Cc4ccccc4)CC3)ccc2N1. The molecule has 0 bridgehead atoms. The first kappa shape index (κ1) is 17.6. The van der Waals surface area contributed by atoms with Crippen LogP contribution in [0.2, 0.25) is 0 Å². The molecule has 0 atom stereocenters. The fraction of sp³-hybridized carbons (Fsp3) is 0.364. The smallest absolute Gasteiger partial charge is 0.241 e. The Morgan fingerprint density at radius 2 is 1.89 bits per heavy atom. The Hall–Kier alpha value is -2.82. The monoisotopic (exact) mass is 363 g/mol. The molecule has 1 fully saturated rings. The summed E-state index contributed by atoms with van der Waals surface area (Å²) < 4.78 is 0. The molecule has 1 saturated heterocycles. The molecular weight excluding hydrogens is 338 g/mol. The van der Waals surface area contributed by atoms with Crippen molar-refractivity contribution in [3.05, 3.63) is 59.7 Å². The molecular formula is C22H25N3O2. The number of nitrogens with one attached hydrogen (secondary N) is 2. The number of fused-ring (bicyclic) bond motifs is 1. The van der Waals surface area contributed by atoms with Gasteiger partial charge in [-0.3, -0.25) is 9.59 Å². The van der Waals surface area contributed by atoms with E-state index in [1.807, 2.05) is 29.2 Å². The molecule has 0 spiro atoms. The fourth-order valence-electron chi connectivity index (χ4n) is 3.96. The Labute approximate surface area is 159 Å². The molecule has 5 heteroatoms. The van der Waals surface area contributed by atoms with Crippen LogP contribution >= 0.6 is 0 Å². The van der Waals surface area contributed by atoms with Crippen LogP contribution in [0.4, 0.5) is 11.4 Å². The number of likely N-dealkylation sites (tertiary alicyclic amines) is 1. The first-order valence-electron chi connectivity index (χ1n) is 9.66. The number of piperidine rings is 1. The molecule has 0 radical (unpaired) electrons. The summed E-state index contributed by atoms with van der Waals surface area (Å²) in [5.74, 6) is 0.825. The number of hydrogen-bond donors (Lipinski definition) is 2. The molecule has 4 rings (SSSR count). The van der Waals surface area contributed by atoms with Gasteiger partial charge in [-0.25, -0.2) is 0 Å². The Morgan fingerprint density at radius 3 is 2.67 bits per heavy atom. The van der Waals surface area contributed by atoms with E-state index in [0.717, 1.165) is 49.3 Å². The van der Waals surface area contributed by atoms with Crippen LogP contribution in [0.5, 0.6) is 0 Å². The predicted octanol–water partition coefficient (Wildman–Crippen LogP) is 3.07. The molecule has 2 heterocycles. The maximum atomic E-state index is 12.5. The second kappa shape index (κ2) is 7.82. The zero-order valence-electron chi connectivity index (χ0n) is 15.4. The number of benzene rings is 2. The molecule has 27 heavy (non-hydrogen) atoms. The average Bonchev–Trinajstić information content (AvgIpc) is 3.07. The number of nitrogens with zero attached hydrogens (tertiary/aromatic N) is 1. The summed E-state index contributed by atoms with van der Waals surface area (Å²) in [7, 11) is 0. The minimum atomic E-state index is 0.0246. The van der Waals surface area contributed by atoms with Crippen LogP contribution in [-0.4, -0.2) is 36.3 Å². The second-order valence-corrected chi connectivity index (χ2v) is 7.46. The van der Waals surface area contributed by atoms with Gasteiger partial charge in [-0.15, -0.1) is 0 Å². The van der Waals surface area contributed by atoms with Crippen LogP contribution in [-0.2, 0) is 22.4 Å². The number of amides is 2. The largest absolute Gasteiger partial charge is 0.376 e. The number of rotatable bonds is 5. The van der Waals surface area contributed by atoms with Crippen molar-refractivity contribution in [2.24, 2.45) is 5.92 Å². The first-order chi connectivity index (χ1) is 13.2. The highest BCUT2D eigenvalue weighted by Crippen LogP contribution is 2.26. The van der Waals surface area contributed by atoms with E-state index in [1.54, 1.807) is 0 Å². The second-order valence-electron chi connectivity index (χ2n) is 7.46. The van der Waals surface area contributed by atoms with Crippen LogP contribution in [0.25, 0.3) is 0 Å². The van der Waals surface area contributed by atoms with Crippen LogP contribution in [0.1, 0.15) is 24.0 Å². The van der Waals surface area contributed by atoms with Gasteiger partial charge < -0.3 is 15.5 Å². The van der Waals surface area contributed by atoms with Gasteiger partial charge in [-0.1, -0.05) is 30.3 Å². The van der Waals surface area contributed by atoms with E-state index in [2.05, 4.69) is 34.9 Å². The third-order valence-corrected chi connectivity index (χ3v) is 5.51. The normalized spacial score (nSPS) is 16.7. The van der Waals surface area contributed by atoms with Crippen molar-refractivity contribution < 1.29 is 9.59 Å². The van der Waals surface area contributed by atoms with Crippen LogP contribution in [0.3, 0.4) is 0 Å².